The topological polar surface area (TPSA) is 46.4 Å². The fraction of sp³-hybridized carbons (Fsp3) is 0. The molecular formula is C14H11N3O. The first-order valence-corrected chi connectivity index (χ1v) is 5.63. The highest BCUT2D eigenvalue weighted by molar-refractivity contribution is 5.59. The van der Waals surface area contributed by atoms with Gasteiger partial charge in [0.1, 0.15) is 11.5 Å². The Morgan fingerprint density at radius 3 is 2.61 bits per heavy atom. The van der Waals surface area contributed by atoms with Crippen molar-refractivity contribution in [3.05, 3.63) is 71.1 Å². The summed E-state index contributed by atoms with van der Waals surface area (Å²) in [6.07, 6.45) is 1.87. The molecule has 0 fully saturated rings. The van der Waals surface area contributed by atoms with E-state index in [0.717, 1.165) is 5.69 Å². The fourth-order valence-corrected chi connectivity index (χ4v) is 1.83. The molecule has 2 heterocycles. The molecule has 88 valence electrons. The lowest BCUT2D eigenvalue weighted by Gasteiger charge is -2.10. The van der Waals surface area contributed by atoms with Gasteiger partial charge in [0.15, 0.2) is 0 Å². The number of nitrogens with one attached hydrogen (secondary N) is 1. The first kappa shape index (κ1) is 10.5. The van der Waals surface area contributed by atoms with Crippen molar-refractivity contribution in [2.75, 3.05) is 5.32 Å². The molecule has 3 rings (SSSR count). The number of pyridine rings is 1. The van der Waals surface area contributed by atoms with Crippen LogP contribution in [-0.2, 0) is 0 Å². The first-order chi connectivity index (χ1) is 8.83. The number of anilines is 2. The molecule has 0 saturated carbocycles. The van der Waals surface area contributed by atoms with E-state index in [0.29, 0.717) is 11.5 Å². The molecule has 0 aliphatic heterocycles. The Balaban J connectivity index is 2.14. The van der Waals surface area contributed by atoms with Gasteiger partial charge in [-0.2, -0.15) is 4.98 Å². The normalized spacial score (nSPS) is 10.4. The van der Waals surface area contributed by atoms with Gasteiger partial charge >= 0.3 is 0 Å². The molecule has 0 amide bonds. The molecule has 0 radical (unpaired) electrons. The molecule has 0 saturated heterocycles. The van der Waals surface area contributed by atoms with Crippen molar-refractivity contribution in [2.24, 2.45) is 0 Å². The third kappa shape index (κ3) is 1.96. The Hall–Kier alpha value is -2.62. The van der Waals surface area contributed by atoms with Gasteiger partial charge < -0.3 is 5.32 Å². The standard InChI is InChI=1S/C14H11N3O/c18-14-10-13(15-11-6-2-1-3-7-11)17-9-5-4-8-12(17)16-14/h1-10,15H. The molecule has 0 spiro atoms. The molecule has 0 aliphatic carbocycles. The van der Waals surface area contributed by atoms with E-state index in [4.69, 9.17) is 0 Å². The van der Waals surface area contributed by atoms with Gasteiger partial charge in [-0.1, -0.05) is 24.3 Å². The molecule has 0 bridgehead atoms. The number of fused-ring (bicyclic) bond motifs is 1. The maximum absolute atomic E-state index is 11.5. The predicted octanol–water partition coefficient (Wildman–Crippen LogP) is 2.44. The summed E-state index contributed by atoms with van der Waals surface area (Å²) in [5.74, 6) is 0.705. The van der Waals surface area contributed by atoms with Gasteiger partial charge in [-0.15, -0.1) is 0 Å². The Bertz CT molecular complexity index is 735. The zero-order valence-electron chi connectivity index (χ0n) is 9.58. The maximum atomic E-state index is 11.5. The lowest BCUT2D eigenvalue weighted by atomic mass is 10.3. The van der Waals surface area contributed by atoms with Crippen LogP contribution in [0.2, 0.25) is 0 Å². The molecule has 0 aliphatic rings. The molecule has 3 aromatic rings. The van der Waals surface area contributed by atoms with Crippen LogP contribution in [0.15, 0.2) is 65.6 Å². The minimum atomic E-state index is -0.250. The second kappa shape index (κ2) is 4.33. The number of hydrogen-bond acceptors (Lipinski definition) is 3. The van der Waals surface area contributed by atoms with Crippen LogP contribution < -0.4 is 10.9 Å². The van der Waals surface area contributed by atoms with Gasteiger partial charge in [-0.3, -0.25) is 9.20 Å². The number of nitrogens with zero attached hydrogens (tertiary/aromatic N) is 2. The fourth-order valence-electron chi connectivity index (χ4n) is 1.83. The first-order valence-electron chi connectivity index (χ1n) is 5.63. The summed E-state index contributed by atoms with van der Waals surface area (Å²) >= 11 is 0. The molecular weight excluding hydrogens is 226 g/mol. The second-order valence-corrected chi connectivity index (χ2v) is 3.90. The SMILES string of the molecule is O=c1cc(Nc2ccccc2)n2ccccc2n1. The summed E-state index contributed by atoms with van der Waals surface area (Å²) < 4.78 is 1.84. The zero-order valence-corrected chi connectivity index (χ0v) is 9.58. The van der Waals surface area contributed by atoms with E-state index in [1.54, 1.807) is 6.07 Å². The van der Waals surface area contributed by atoms with Gasteiger partial charge in [-0.05, 0) is 24.3 Å². The third-order valence-corrected chi connectivity index (χ3v) is 2.63. The largest absolute Gasteiger partial charge is 0.341 e. The minimum Gasteiger partial charge on any atom is -0.341 e. The van der Waals surface area contributed by atoms with E-state index >= 15 is 0 Å². The van der Waals surface area contributed by atoms with Gasteiger partial charge in [0, 0.05) is 18.0 Å². The molecule has 0 atom stereocenters. The number of benzene rings is 1. The quantitative estimate of drug-likeness (QED) is 0.744. The molecule has 1 aromatic carbocycles. The van der Waals surface area contributed by atoms with Crippen LogP contribution in [0, 0.1) is 0 Å². The van der Waals surface area contributed by atoms with E-state index in [1.807, 2.05) is 53.1 Å². The number of hydrogen-bond donors (Lipinski definition) is 1. The van der Waals surface area contributed by atoms with Crippen molar-refractivity contribution < 1.29 is 0 Å². The Morgan fingerprint density at radius 1 is 1.00 bits per heavy atom. The predicted molar refractivity (Wildman–Crippen MR) is 71.2 cm³/mol. The monoisotopic (exact) mass is 237 g/mol. The van der Waals surface area contributed by atoms with E-state index in [-0.39, 0.29) is 5.56 Å². The van der Waals surface area contributed by atoms with Gasteiger partial charge in [0.2, 0.25) is 0 Å². The second-order valence-electron chi connectivity index (χ2n) is 3.90. The smallest absolute Gasteiger partial charge is 0.275 e. The van der Waals surface area contributed by atoms with Crippen molar-refractivity contribution >= 4 is 17.2 Å². The lowest BCUT2D eigenvalue weighted by Crippen LogP contribution is -2.11. The van der Waals surface area contributed by atoms with Crippen molar-refractivity contribution in [2.45, 2.75) is 0 Å². The van der Waals surface area contributed by atoms with E-state index in [9.17, 15) is 4.79 Å². The Kier molecular flexibility index (Phi) is 2.53. The maximum Gasteiger partial charge on any atom is 0.275 e. The van der Waals surface area contributed by atoms with E-state index < -0.39 is 0 Å². The van der Waals surface area contributed by atoms with Crippen LogP contribution >= 0.6 is 0 Å². The summed E-state index contributed by atoms with van der Waals surface area (Å²) in [7, 11) is 0. The van der Waals surface area contributed by atoms with Crippen molar-refractivity contribution in [1.82, 2.24) is 9.38 Å². The highest BCUT2D eigenvalue weighted by Gasteiger charge is 2.02. The van der Waals surface area contributed by atoms with E-state index in [2.05, 4.69) is 10.3 Å². The summed E-state index contributed by atoms with van der Waals surface area (Å²) in [5, 5.41) is 3.21. The van der Waals surface area contributed by atoms with Gasteiger partial charge in [0.05, 0.1) is 0 Å². The summed E-state index contributed by atoms with van der Waals surface area (Å²) in [5.41, 5.74) is 1.31. The van der Waals surface area contributed by atoms with Crippen LogP contribution in [0.4, 0.5) is 11.5 Å². The van der Waals surface area contributed by atoms with Crippen LogP contribution in [0.25, 0.3) is 5.65 Å². The molecule has 1 N–H and O–H groups in total. The third-order valence-electron chi connectivity index (χ3n) is 2.63. The number of para-hydroxylation sites is 1. The molecule has 18 heavy (non-hydrogen) atoms. The molecule has 4 nitrogen and oxygen atoms in total. The van der Waals surface area contributed by atoms with Crippen molar-refractivity contribution in [1.29, 1.82) is 0 Å². The zero-order chi connectivity index (χ0) is 12.4. The van der Waals surface area contributed by atoms with Crippen LogP contribution in [0.1, 0.15) is 0 Å². The highest BCUT2D eigenvalue weighted by Crippen LogP contribution is 2.15. The highest BCUT2D eigenvalue weighted by atomic mass is 16.1. The average molecular weight is 237 g/mol. The molecule has 4 heteroatoms. The molecule has 2 aromatic heterocycles. The lowest BCUT2D eigenvalue weighted by molar-refractivity contribution is 1.08. The van der Waals surface area contributed by atoms with Crippen LogP contribution in [0.3, 0.4) is 0 Å². The van der Waals surface area contributed by atoms with Crippen molar-refractivity contribution in [3.8, 4) is 0 Å². The van der Waals surface area contributed by atoms with Crippen LogP contribution in [0.5, 0.6) is 0 Å². The Morgan fingerprint density at radius 2 is 1.78 bits per heavy atom. The Labute approximate surface area is 104 Å². The molecule has 0 unspecified atom stereocenters. The number of aromatic nitrogens is 2. The summed E-state index contributed by atoms with van der Waals surface area (Å²) in [4.78, 5) is 15.5. The van der Waals surface area contributed by atoms with Gasteiger partial charge in [-0.25, -0.2) is 0 Å². The summed E-state index contributed by atoms with van der Waals surface area (Å²) in [6, 6.07) is 16.8. The van der Waals surface area contributed by atoms with E-state index in [1.165, 1.54) is 6.07 Å². The van der Waals surface area contributed by atoms with Crippen LogP contribution in [-0.4, -0.2) is 9.38 Å². The summed E-state index contributed by atoms with van der Waals surface area (Å²) in [6.45, 7) is 0. The number of rotatable bonds is 2. The average Bonchev–Trinajstić information content (AvgIpc) is 2.40. The minimum absolute atomic E-state index is 0.250. The van der Waals surface area contributed by atoms with Gasteiger partial charge in [0.25, 0.3) is 5.56 Å². The van der Waals surface area contributed by atoms with Crippen molar-refractivity contribution in [3.63, 3.8) is 0 Å².